The molecule has 1 aromatic rings. The smallest absolute Gasteiger partial charge is 0.316 e. The molecule has 104 valence electrons. The number of carbonyl (C=O) groups is 1. The number of carbonyl (C=O) groups excluding carboxylic acids is 1. The zero-order chi connectivity index (χ0) is 13.5. The second-order valence-corrected chi connectivity index (χ2v) is 4.37. The van der Waals surface area contributed by atoms with Crippen molar-refractivity contribution in [1.82, 2.24) is 14.9 Å². The van der Waals surface area contributed by atoms with Crippen molar-refractivity contribution in [1.29, 1.82) is 0 Å². The van der Waals surface area contributed by atoms with Crippen molar-refractivity contribution in [2.24, 2.45) is 0 Å². The summed E-state index contributed by atoms with van der Waals surface area (Å²) in [5.74, 6) is 0.0521. The third-order valence-electron chi connectivity index (χ3n) is 3.04. The van der Waals surface area contributed by atoms with Crippen molar-refractivity contribution in [2.75, 3.05) is 26.3 Å². The average molecular weight is 265 g/mol. The third kappa shape index (κ3) is 4.17. The van der Waals surface area contributed by atoms with Crippen LogP contribution in [-0.4, -0.2) is 53.2 Å². The highest BCUT2D eigenvalue weighted by Crippen LogP contribution is 2.15. The van der Waals surface area contributed by atoms with E-state index in [1.807, 2.05) is 11.8 Å². The summed E-state index contributed by atoms with van der Waals surface area (Å²) in [5, 5.41) is 0. The van der Waals surface area contributed by atoms with Gasteiger partial charge in [-0.15, -0.1) is 0 Å². The van der Waals surface area contributed by atoms with Crippen molar-refractivity contribution < 1.29 is 14.3 Å². The molecule has 0 saturated carbocycles. The van der Waals surface area contributed by atoms with Crippen LogP contribution >= 0.6 is 0 Å². The first kappa shape index (κ1) is 13.7. The summed E-state index contributed by atoms with van der Waals surface area (Å²) in [5.41, 5.74) is 0. The van der Waals surface area contributed by atoms with E-state index in [-0.39, 0.29) is 18.6 Å². The van der Waals surface area contributed by atoms with Gasteiger partial charge in [0.1, 0.15) is 12.7 Å². The first-order chi connectivity index (χ1) is 9.29. The van der Waals surface area contributed by atoms with Crippen molar-refractivity contribution in [3.8, 4) is 6.01 Å². The quantitative estimate of drug-likeness (QED) is 0.791. The van der Waals surface area contributed by atoms with Gasteiger partial charge in [0.25, 0.3) is 0 Å². The van der Waals surface area contributed by atoms with Gasteiger partial charge >= 0.3 is 6.01 Å². The molecule has 1 aliphatic heterocycles. The molecule has 0 spiro atoms. The SMILES string of the molecule is CCOCC(=O)N1CCC(Oc2ncccn2)CC1. The van der Waals surface area contributed by atoms with Crippen LogP contribution in [0.1, 0.15) is 19.8 Å². The van der Waals surface area contributed by atoms with Crippen LogP contribution in [0.4, 0.5) is 0 Å². The molecule has 0 unspecified atom stereocenters. The van der Waals surface area contributed by atoms with Gasteiger partial charge in [-0.25, -0.2) is 9.97 Å². The minimum Gasteiger partial charge on any atom is -0.460 e. The van der Waals surface area contributed by atoms with E-state index in [0.717, 1.165) is 12.8 Å². The van der Waals surface area contributed by atoms with Crippen molar-refractivity contribution >= 4 is 5.91 Å². The minimum absolute atomic E-state index is 0.0521. The number of hydrogen-bond donors (Lipinski definition) is 0. The highest BCUT2D eigenvalue weighted by molar-refractivity contribution is 5.77. The summed E-state index contributed by atoms with van der Waals surface area (Å²) in [6.07, 6.45) is 5.00. The fourth-order valence-corrected chi connectivity index (χ4v) is 2.00. The molecule has 1 amide bonds. The molecule has 1 saturated heterocycles. The predicted octanol–water partition coefficient (Wildman–Crippen LogP) is 0.883. The van der Waals surface area contributed by atoms with E-state index >= 15 is 0 Å². The van der Waals surface area contributed by atoms with Crippen LogP contribution in [0.25, 0.3) is 0 Å². The van der Waals surface area contributed by atoms with Gasteiger partial charge in [0.2, 0.25) is 5.91 Å². The van der Waals surface area contributed by atoms with E-state index in [1.165, 1.54) is 0 Å². The Kier molecular flexibility index (Phi) is 5.09. The van der Waals surface area contributed by atoms with Gasteiger partial charge in [-0.2, -0.15) is 0 Å². The van der Waals surface area contributed by atoms with E-state index in [0.29, 0.717) is 25.7 Å². The molecule has 1 fully saturated rings. The first-order valence-electron chi connectivity index (χ1n) is 6.58. The third-order valence-corrected chi connectivity index (χ3v) is 3.04. The molecule has 2 rings (SSSR count). The lowest BCUT2D eigenvalue weighted by atomic mass is 10.1. The van der Waals surface area contributed by atoms with Gasteiger partial charge in [-0.05, 0) is 13.0 Å². The summed E-state index contributed by atoms with van der Waals surface area (Å²) in [7, 11) is 0. The second-order valence-electron chi connectivity index (χ2n) is 4.37. The molecule has 2 heterocycles. The number of ether oxygens (including phenoxy) is 2. The lowest BCUT2D eigenvalue weighted by Crippen LogP contribution is -2.43. The van der Waals surface area contributed by atoms with Crippen LogP contribution in [0, 0.1) is 0 Å². The van der Waals surface area contributed by atoms with Crippen LogP contribution in [0.2, 0.25) is 0 Å². The Balaban J connectivity index is 1.75. The monoisotopic (exact) mass is 265 g/mol. The fraction of sp³-hybridized carbons (Fsp3) is 0.615. The van der Waals surface area contributed by atoms with E-state index < -0.39 is 0 Å². The van der Waals surface area contributed by atoms with Gasteiger partial charge in [-0.1, -0.05) is 0 Å². The van der Waals surface area contributed by atoms with Crippen molar-refractivity contribution in [3.05, 3.63) is 18.5 Å². The highest BCUT2D eigenvalue weighted by atomic mass is 16.5. The lowest BCUT2D eigenvalue weighted by Gasteiger charge is -2.31. The number of rotatable bonds is 5. The Morgan fingerprint density at radius 1 is 1.37 bits per heavy atom. The van der Waals surface area contributed by atoms with E-state index in [9.17, 15) is 4.79 Å². The maximum Gasteiger partial charge on any atom is 0.316 e. The summed E-state index contributed by atoms with van der Waals surface area (Å²) in [6.45, 7) is 4.01. The van der Waals surface area contributed by atoms with Crippen LogP contribution in [-0.2, 0) is 9.53 Å². The number of aromatic nitrogens is 2. The van der Waals surface area contributed by atoms with Crippen LogP contribution in [0.3, 0.4) is 0 Å². The zero-order valence-corrected chi connectivity index (χ0v) is 11.1. The van der Waals surface area contributed by atoms with Crippen molar-refractivity contribution in [2.45, 2.75) is 25.9 Å². The Bertz CT molecular complexity index is 391. The molecule has 1 aromatic heterocycles. The largest absolute Gasteiger partial charge is 0.460 e. The number of likely N-dealkylation sites (tertiary alicyclic amines) is 1. The molecule has 6 nitrogen and oxygen atoms in total. The molecule has 0 radical (unpaired) electrons. The molecule has 6 heteroatoms. The van der Waals surface area contributed by atoms with Crippen LogP contribution < -0.4 is 4.74 Å². The van der Waals surface area contributed by atoms with Gasteiger partial charge in [0, 0.05) is 44.9 Å². The van der Waals surface area contributed by atoms with Gasteiger partial charge in [0.15, 0.2) is 0 Å². The summed E-state index contributed by atoms with van der Waals surface area (Å²) in [4.78, 5) is 21.6. The average Bonchev–Trinajstić information content (AvgIpc) is 2.46. The van der Waals surface area contributed by atoms with Gasteiger partial charge in [0.05, 0.1) is 0 Å². The molecule has 1 aliphatic rings. The number of nitrogens with zero attached hydrogens (tertiary/aromatic N) is 3. The number of piperidine rings is 1. The number of amides is 1. The molecular formula is C13H19N3O3. The molecule has 0 aromatic carbocycles. The van der Waals surface area contributed by atoms with Gasteiger partial charge in [-0.3, -0.25) is 4.79 Å². The summed E-state index contributed by atoms with van der Waals surface area (Å²) < 4.78 is 10.8. The second kappa shape index (κ2) is 7.04. The highest BCUT2D eigenvalue weighted by Gasteiger charge is 2.24. The zero-order valence-electron chi connectivity index (χ0n) is 11.1. The van der Waals surface area contributed by atoms with Gasteiger partial charge < -0.3 is 14.4 Å². The molecular weight excluding hydrogens is 246 g/mol. The lowest BCUT2D eigenvalue weighted by molar-refractivity contribution is -0.137. The minimum atomic E-state index is 0.0521. The molecule has 19 heavy (non-hydrogen) atoms. The normalized spacial score (nSPS) is 16.4. The molecule has 0 atom stereocenters. The summed E-state index contributed by atoms with van der Waals surface area (Å²) >= 11 is 0. The maximum absolute atomic E-state index is 11.8. The van der Waals surface area contributed by atoms with E-state index in [2.05, 4.69) is 9.97 Å². The fourth-order valence-electron chi connectivity index (χ4n) is 2.00. The topological polar surface area (TPSA) is 64.5 Å². The molecule has 0 aliphatic carbocycles. The Morgan fingerprint density at radius 2 is 2.05 bits per heavy atom. The number of hydrogen-bond acceptors (Lipinski definition) is 5. The molecule has 0 N–H and O–H groups in total. The summed E-state index contributed by atoms with van der Waals surface area (Å²) in [6, 6.07) is 2.16. The standard InChI is InChI=1S/C13H19N3O3/c1-2-18-10-12(17)16-8-4-11(5-9-16)19-13-14-6-3-7-15-13/h3,6-7,11H,2,4-5,8-10H2,1H3. The van der Waals surface area contributed by atoms with E-state index in [1.54, 1.807) is 18.5 Å². The Hall–Kier alpha value is -1.69. The van der Waals surface area contributed by atoms with Crippen molar-refractivity contribution in [3.63, 3.8) is 0 Å². The Labute approximate surface area is 112 Å². The molecule has 0 bridgehead atoms. The van der Waals surface area contributed by atoms with Crippen LogP contribution in [0.15, 0.2) is 18.5 Å². The van der Waals surface area contributed by atoms with E-state index in [4.69, 9.17) is 9.47 Å². The predicted molar refractivity (Wildman–Crippen MR) is 68.8 cm³/mol. The first-order valence-corrected chi connectivity index (χ1v) is 6.58. The van der Waals surface area contributed by atoms with Crippen LogP contribution in [0.5, 0.6) is 6.01 Å². The Morgan fingerprint density at radius 3 is 2.68 bits per heavy atom. The maximum atomic E-state index is 11.8.